The van der Waals surface area contributed by atoms with E-state index in [1.54, 1.807) is 11.8 Å². The maximum Gasteiger partial charge on any atom is 0.318 e. The van der Waals surface area contributed by atoms with Crippen LogP contribution in [0.4, 0.5) is 8.78 Å². The predicted molar refractivity (Wildman–Crippen MR) is 76.9 cm³/mol. The molecule has 0 fully saturated rings. The summed E-state index contributed by atoms with van der Waals surface area (Å²) in [6.07, 6.45) is 4.20. The Morgan fingerprint density at radius 3 is 2.37 bits per heavy atom. The Balaban J connectivity index is 3.70. The van der Waals surface area contributed by atoms with Crippen LogP contribution in [0.15, 0.2) is 0 Å². The number of halogens is 2. The van der Waals surface area contributed by atoms with Crippen LogP contribution in [0.3, 0.4) is 0 Å². The lowest BCUT2D eigenvalue weighted by atomic mass is 10.1. The van der Waals surface area contributed by atoms with Crippen molar-refractivity contribution in [2.45, 2.75) is 70.0 Å². The Hall–Kier alpha value is -0.320. The molecule has 0 aliphatic rings. The summed E-state index contributed by atoms with van der Waals surface area (Å²) in [5, 5.41) is -0.0911. The van der Waals surface area contributed by atoms with E-state index in [1.807, 2.05) is 0 Å². The predicted octanol–water partition coefficient (Wildman–Crippen LogP) is 4.67. The molecular weight excluding hydrogens is 270 g/mol. The second-order valence-electron chi connectivity index (χ2n) is 4.62. The van der Waals surface area contributed by atoms with E-state index < -0.39 is 6.43 Å². The molecule has 114 valence electrons. The second-order valence-corrected chi connectivity index (χ2v) is 5.93. The SMILES string of the molecule is CCCCCC(SCCCCCC(F)F)C(=O)OC. The minimum atomic E-state index is -2.19. The van der Waals surface area contributed by atoms with Crippen molar-refractivity contribution in [1.29, 1.82) is 0 Å². The molecule has 0 N–H and O–H groups in total. The van der Waals surface area contributed by atoms with Crippen LogP contribution in [0.25, 0.3) is 0 Å². The number of carbonyl (C=O) groups excluding carboxylic acids is 1. The maximum absolute atomic E-state index is 11.9. The van der Waals surface area contributed by atoms with Gasteiger partial charge in [-0.3, -0.25) is 4.79 Å². The average Bonchev–Trinajstić information content (AvgIpc) is 2.39. The van der Waals surface area contributed by atoms with Crippen LogP contribution in [-0.2, 0) is 9.53 Å². The molecule has 0 aromatic rings. The van der Waals surface area contributed by atoms with E-state index in [9.17, 15) is 13.6 Å². The number of hydrogen-bond acceptors (Lipinski definition) is 3. The third-order valence-corrected chi connectivity index (χ3v) is 4.27. The summed E-state index contributed by atoms with van der Waals surface area (Å²) in [5.74, 6) is 0.684. The van der Waals surface area contributed by atoms with Crippen LogP contribution in [0.2, 0.25) is 0 Å². The molecule has 0 saturated heterocycles. The lowest BCUT2D eigenvalue weighted by Gasteiger charge is -2.13. The number of carbonyl (C=O) groups is 1. The minimum Gasteiger partial charge on any atom is -0.468 e. The van der Waals surface area contributed by atoms with Crippen molar-refractivity contribution in [1.82, 2.24) is 0 Å². The van der Waals surface area contributed by atoms with Gasteiger partial charge in [-0.25, -0.2) is 8.78 Å². The van der Waals surface area contributed by atoms with Crippen molar-refractivity contribution in [2.75, 3.05) is 12.9 Å². The van der Waals surface area contributed by atoms with Gasteiger partial charge < -0.3 is 4.74 Å². The number of unbranched alkanes of at least 4 members (excludes halogenated alkanes) is 4. The van der Waals surface area contributed by atoms with Crippen LogP contribution >= 0.6 is 11.8 Å². The summed E-state index contributed by atoms with van der Waals surface area (Å²) in [4.78, 5) is 11.6. The van der Waals surface area contributed by atoms with Crippen molar-refractivity contribution in [2.24, 2.45) is 0 Å². The number of esters is 1. The molecule has 0 bridgehead atoms. The molecule has 0 amide bonds. The molecule has 19 heavy (non-hydrogen) atoms. The first kappa shape index (κ1) is 18.7. The molecule has 0 rings (SSSR count). The Morgan fingerprint density at radius 2 is 1.79 bits per heavy atom. The standard InChI is InChI=1S/C14H26F2O2S/c1-3-4-6-9-12(14(17)18-2)19-11-8-5-7-10-13(15)16/h12-13H,3-11H2,1-2H3. The summed E-state index contributed by atoms with van der Waals surface area (Å²) in [7, 11) is 1.42. The molecule has 2 nitrogen and oxygen atoms in total. The van der Waals surface area contributed by atoms with Crippen molar-refractivity contribution < 1.29 is 18.3 Å². The normalized spacial score (nSPS) is 12.7. The van der Waals surface area contributed by atoms with Gasteiger partial charge in [0.1, 0.15) is 5.25 Å². The van der Waals surface area contributed by atoms with Gasteiger partial charge in [0.2, 0.25) is 6.43 Å². The first-order valence-corrected chi connectivity index (χ1v) is 8.14. The number of methoxy groups -OCH3 is 1. The molecule has 1 unspecified atom stereocenters. The van der Waals surface area contributed by atoms with E-state index in [4.69, 9.17) is 4.74 Å². The molecule has 0 radical (unpaired) electrons. The largest absolute Gasteiger partial charge is 0.468 e. The average molecular weight is 296 g/mol. The number of rotatable bonds is 12. The van der Waals surface area contributed by atoms with Crippen LogP contribution < -0.4 is 0 Å². The third kappa shape index (κ3) is 11.2. The Kier molecular flexibility index (Phi) is 12.5. The molecule has 0 heterocycles. The van der Waals surface area contributed by atoms with Crippen molar-refractivity contribution in [3.63, 3.8) is 0 Å². The van der Waals surface area contributed by atoms with Crippen LogP contribution in [0, 0.1) is 0 Å². The molecule has 0 aromatic carbocycles. The summed E-state index contributed by atoms with van der Waals surface area (Å²) < 4.78 is 28.7. The monoisotopic (exact) mass is 296 g/mol. The number of thioether (sulfide) groups is 1. The molecule has 0 aliphatic heterocycles. The van der Waals surface area contributed by atoms with Gasteiger partial charge in [-0.05, 0) is 25.0 Å². The maximum atomic E-state index is 11.9. The second kappa shape index (κ2) is 12.7. The lowest BCUT2D eigenvalue weighted by Crippen LogP contribution is -2.19. The Labute approximate surface area is 119 Å². The molecule has 1 atom stereocenters. The third-order valence-electron chi connectivity index (χ3n) is 2.92. The van der Waals surface area contributed by atoms with Crippen LogP contribution in [-0.4, -0.2) is 30.5 Å². The van der Waals surface area contributed by atoms with E-state index in [1.165, 1.54) is 7.11 Å². The number of alkyl halides is 2. The highest BCUT2D eigenvalue weighted by molar-refractivity contribution is 8.00. The summed E-state index contributed by atoms with van der Waals surface area (Å²) in [6, 6.07) is 0. The van der Waals surface area contributed by atoms with E-state index in [2.05, 4.69) is 6.92 Å². The lowest BCUT2D eigenvalue weighted by molar-refractivity contribution is -0.140. The summed E-state index contributed by atoms with van der Waals surface area (Å²) in [6.45, 7) is 2.13. The fraction of sp³-hybridized carbons (Fsp3) is 0.929. The van der Waals surface area contributed by atoms with Gasteiger partial charge in [-0.2, -0.15) is 0 Å². The first-order chi connectivity index (χ1) is 9.11. The van der Waals surface area contributed by atoms with E-state index in [-0.39, 0.29) is 17.6 Å². The number of ether oxygens (including phenoxy) is 1. The number of hydrogen-bond donors (Lipinski definition) is 0. The van der Waals surface area contributed by atoms with E-state index in [0.29, 0.717) is 6.42 Å². The molecule has 0 aromatic heterocycles. The van der Waals surface area contributed by atoms with E-state index in [0.717, 1.165) is 44.3 Å². The summed E-state index contributed by atoms with van der Waals surface area (Å²) in [5.41, 5.74) is 0. The van der Waals surface area contributed by atoms with Crippen molar-refractivity contribution in [3.8, 4) is 0 Å². The molecule has 5 heteroatoms. The van der Waals surface area contributed by atoms with Gasteiger partial charge in [0.05, 0.1) is 7.11 Å². The molecule has 0 spiro atoms. The van der Waals surface area contributed by atoms with Crippen LogP contribution in [0.5, 0.6) is 0 Å². The van der Waals surface area contributed by atoms with Crippen molar-refractivity contribution in [3.05, 3.63) is 0 Å². The first-order valence-electron chi connectivity index (χ1n) is 7.09. The molecule has 0 aliphatic carbocycles. The van der Waals surface area contributed by atoms with Gasteiger partial charge in [-0.15, -0.1) is 11.8 Å². The fourth-order valence-corrected chi connectivity index (χ4v) is 3.00. The molecular formula is C14H26F2O2S. The topological polar surface area (TPSA) is 26.3 Å². The van der Waals surface area contributed by atoms with Crippen molar-refractivity contribution >= 4 is 17.7 Å². The smallest absolute Gasteiger partial charge is 0.318 e. The quantitative estimate of drug-likeness (QED) is 0.387. The summed E-state index contributed by atoms with van der Waals surface area (Å²) >= 11 is 1.60. The van der Waals surface area contributed by atoms with Gasteiger partial charge in [0, 0.05) is 6.42 Å². The highest BCUT2D eigenvalue weighted by atomic mass is 32.2. The van der Waals surface area contributed by atoms with Gasteiger partial charge >= 0.3 is 5.97 Å². The Morgan fingerprint density at radius 1 is 1.11 bits per heavy atom. The highest BCUT2D eigenvalue weighted by Crippen LogP contribution is 2.21. The van der Waals surface area contributed by atoms with Gasteiger partial charge in [-0.1, -0.05) is 32.6 Å². The van der Waals surface area contributed by atoms with Crippen LogP contribution in [0.1, 0.15) is 58.3 Å². The zero-order valence-electron chi connectivity index (χ0n) is 12.0. The highest BCUT2D eigenvalue weighted by Gasteiger charge is 2.18. The van der Waals surface area contributed by atoms with Gasteiger partial charge in [0.25, 0.3) is 0 Å². The zero-order chi connectivity index (χ0) is 14.5. The zero-order valence-corrected chi connectivity index (χ0v) is 12.8. The molecule has 0 saturated carbocycles. The Bertz CT molecular complexity index is 225. The minimum absolute atomic E-state index is 0.0123. The fourth-order valence-electron chi connectivity index (χ4n) is 1.78. The van der Waals surface area contributed by atoms with Gasteiger partial charge in [0.15, 0.2) is 0 Å². The van der Waals surface area contributed by atoms with E-state index >= 15 is 0 Å².